The first kappa shape index (κ1) is 22.3. The van der Waals surface area contributed by atoms with E-state index in [2.05, 4.69) is 147 Å². The first-order valence-corrected chi connectivity index (χ1v) is 13.8. The lowest BCUT2D eigenvalue weighted by molar-refractivity contribution is 0.645. The molecule has 0 unspecified atom stereocenters. The second-order valence-electron chi connectivity index (χ2n) is 11.3. The maximum absolute atomic E-state index is 2.38. The quantitative estimate of drug-likeness (QED) is 0.209. The summed E-state index contributed by atoms with van der Waals surface area (Å²) in [7, 11) is 0. The molecule has 0 bridgehead atoms. The van der Waals surface area contributed by atoms with E-state index in [0.717, 1.165) is 0 Å². The average molecular weight is 497 g/mol. The largest absolute Gasteiger partial charge is 0.0622 e. The average Bonchev–Trinajstić information content (AvgIpc) is 2.99. The van der Waals surface area contributed by atoms with Crippen LogP contribution in [0.2, 0.25) is 0 Å². The normalized spacial score (nSPS) is 13.6. The summed E-state index contributed by atoms with van der Waals surface area (Å²) < 4.78 is 0. The molecule has 0 aromatic heterocycles. The molecule has 0 aliphatic heterocycles. The van der Waals surface area contributed by atoms with Crippen LogP contribution in [0.1, 0.15) is 25.0 Å². The van der Waals surface area contributed by atoms with Crippen LogP contribution in [0.5, 0.6) is 0 Å². The molecule has 39 heavy (non-hydrogen) atoms. The third-order valence-electron chi connectivity index (χ3n) is 8.85. The second kappa shape index (κ2) is 8.16. The zero-order valence-electron chi connectivity index (χ0n) is 22.2. The van der Waals surface area contributed by atoms with E-state index in [1.165, 1.54) is 76.8 Å². The van der Waals surface area contributed by atoms with Gasteiger partial charge in [0.2, 0.25) is 0 Å². The minimum Gasteiger partial charge on any atom is -0.0622 e. The summed E-state index contributed by atoms with van der Waals surface area (Å²) in [6.07, 6.45) is 0. The van der Waals surface area contributed by atoms with Gasteiger partial charge in [0, 0.05) is 5.41 Å². The Labute approximate surface area is 229 Å². The van der Waals surface area contributed by atoms with Crippen molar-refractivity contribution in [2.75, 3.05) is 0 Å². The number of rotatable bonds is 2. The Morgan fingerprint density at radius 1 is 0.410 bits per heavy atom. The molecule has 0 radical (unpaired) electrons. The summed E-state index contributed by atoms with van der Waals surface area (Å²) in [5, 5.41) is 7.93. The Morgan fingerprint density at radius 2 is 1.05 bits per heavy atom. The topological polar surface area (TPSA) is 0 Å². The summed E-state index contributed by atoms with van der Waals surface area (Å²) in [4.78, 5) is 0. The van der Waals surface area contributed by atoms with Gasteiger partial charge in [-0.05, 0) is 82.9 Å². The van der Waals surface area contributed by atoms with Crippen molar-refractivity contribution in [1.82, 2.24) is 0 Å². The predicted octanol–water partition coefficient (Wildman–Crippen LogP) is 10.8. The maximum atomic E-state index is 2.38. The standard InChI is InChI=1S/C39H28/c1-39(2)34-20-9-8-17-32(34)37-31-16-7-6-15-30(31)36(33-19-11-21-35(39)38(33)37)29-18-10-14-27-24-26(22-23-28(27)29)25-12-4-3-5-13-25/h3-24H,1-2H3. The molecule has 0 heteroatoms. The van der Waals surface area contributed by atoms with Gasteiger partial charge in [0.05, 0.1) is 0 Å². The second-order valence-corrected chi connectivity index (χ2v) is 11.3. The smallest absolute Gasteiger partial charge is 0.0159 e. The molecule has 1 aliphatic rings. The maximum Gasteiger partial charge on any atom is 0.0159 e. The zero-order chi connectivity index (χ0) is 26.1. The predicted molar refractivity (Wildman–Crippen MR) is 167 cm³/mol. The first-order chi connectivity index (χ1) is 19.1. The molecule has 7 aromatic carbocycles. The summed E-state index contributed by atoms with van der Waals surface area (Å²) >= 11 is 0. The number of hydrogen-bond donors (Lipinski definition) is 0. The molecule has 1 aliphatic carbocycles. The van der Waals surface area contributed by atoms with Crippen LogP contribution in [0.4, 0.5) is 0 Å². The summed E-state index contributed by atoms with van der Waals surface area (Å²) in [5.41, 5.74) is 10.6. The van der Waals surface area contributed by atoms with Crippen molar-refractivity contribution in [1.29, 1.82) is 0 Å². The van der Waals surface area contributed by atoms with Crippen LogP contribution >= 0.6 is 0 Å². The fourth-order valence-electron chi connectivity index (χ4n) is 7.02. The molecule has 0 heterocycles. The van der Waals surface area contributed by atoms with E-state index in [1.807, 2.05) is 0 Å². The van der Waals surface area contributed by atoms with Gasteiger partial charge >= 0.3 is 0 Å². The SMILES string of the molecule is CC1(C)c2ccccc2-c2c3ccccc3c(-c3cccc4cc(-c5ccccc5)ccc34)c3cccc1c23. The van der Waals surface area contributed by atoms with Crippen LogP contribution < -0.4 is 0 Å². The molecule has 0 N–H and O–H groups in total. The van der Waals surface area contributed by atoms with Gasteiger partial charge in [-0.25, -0.2) is 0 Å². The molecule has 0 nitrogen and oxygen atoms in total. The molecule has 0 amide bonds. The van der Waals surface area contributed by atoms with E-state index in [0.29, 0.717) is 0 Å². The molecule has 7 aromatic rings. The van der Waals surface area contributed by atoms with Crippen molar-refractivity contribution in [3.8, 4) is 33.4 Å². The van der Waals surface area contributed by atoms with E-state index in [4.69, 9.17) is 0 Å². The third kappa shape index (κ3) is 3.12. The lowest BCUT2D eigenvalue weighted by atomic mass is 9.67. The van der Waals surface area contributed by atoms with E-state index in [9.17, 15) is 0 Å². The molecule has 0 atom stereocenters. The Bertz CT molecular complexity index is 2080. The number of fused-ring (bicyclic) bond motifs is 5. The van der Waals surface area contributed by atoms with Gasteiger partial charge in [-0.1, -0.05) is 141 Å². The molecule has 0 saturated heterocycles. The molecule has 184 valence electrons. The highest BCUT2D eigenvalue weighted by atomic mass is 14.4. The Hall–Kier alpha value is -4.68. The van der Waals surface area contributed by atoms with Gasteiger partial charge in [-0.15, -0.1) is 0 Å². The van der Waals surface area contributed by atoms with Crippen molar-refractivity contribution < 1.29 is 0 Å². The van der Waals surface area contributed by atoms with Crippen LogP contribution in [0.3, 0.4) is 0 Å². The van der Waals surface area contributed by atoms with E-state index < -0.39 is 0 Å². The number of hydrogen-bond acceptors (Lipinski definition) is 0. The van der Waals surface area contributed by atoms with Crippen molar-refractivity contribution in [3.05, 3.63) is 145 Å². The highest BCUT2D eigenvalue weighted by Gasteiger charge is 2.35. The van der Waals surface area contributed by atoms with Gasteiger partial charge in [0.1, 0.15) is 0 Å². The Balaban J connectivity index is 1.51. The van der Waals surface area contributed by atoms with Crippen LogP contribution in [0.25, 0.3) is 65.7 Å². The van der Waals surface area contributed by atoms with E-state index in [1.54, 1.807) is 0 Å². The van der Waals surface area contributed by atoms with Gasteiger partial charge in [0.15, 0.2) is 0 Å². The lowest BCUT2D eigenvalue weighted by Crippen LogP contribution is -2.23. The van der Waals surface area contributed by atoms with Crippen molar-refractivity contribution in [3.63, 3.8) is 0 Å². The molecule has 0 fully saturated rings. The van der Waals surface area contributed by atoms with E-state index >= 15 is 0 Å². The zero-order valence-corrected chi connectivity index (χ0v) is 22.2. The fraction of sp³-hybridized carbons (Fsp3) is 0.0769. The van der Waals surface area contributed by atoms with Gasteiger partial charge in [0.25, 0.3) is 0 Å². The molecule has 0 spiro atoms. The highest BCUT2D eigenvalue weighted by Crippen LogP contribution is 2.54. The Kier molecular flexibility index (Phi) is 4.67. The number of benzene rings is 7. The van der Waals surface area contributed by atoms with Gasteiger partial charge in [-0.2, -0.15) is 0 Å². The van der Waals surface area contributed by atoms with Crippen molar-refractivity contribution in [2.24, 2.45) is 0 Å². The van der Waals surface area contributed by atoms with Crippen molar-refractivity contribution in [2.45, 2.75) is 19.3 Å². The molecular weight excluding hydrogens is 468 g/mol. The third-order valence-corrected chi connectivity index (χ3v) is 8.85. The Morgan fingerprint density at radius 3 is 1.90 bits per heavy atom. The monoisotopic (exact) mass is 496 g/mol. The van der Waals surface area contributed by atoms with Crippen LogP contribution in [0, 0.1) is 0 Å². The van der Waals surface area contributed by atoms with Crippen LogP contribution in [-0.2, 0) is 5.41 Å². The van der Waals surface area contributed by atoms with Gasteiger partial charge < -0.3 is 0 Å². The molecular formula is C39H28. The fourth-order valence-corrected chi connectivity index (χ4v) is 7.02. The van der Waals surface area contributed by atoms with E-state index in [-0.39, 0.29) is 5.41 Å². The minimum absolute atomic E-state index is 0.0772. The molecule has 0 saturated carbocycles. The van der Waals surface area contributed by atoms with Crippen molar-refractivity contribution >= 4 is 32.3 Å². The summed E-state index contributed by atoms with van der Waals surface area (Å²) in [6, 6.07) is 49.3. The summed E-state index contributed by atoms with van der Waals surface area (Å²) in [5.74, 6) is 0. The highest BCUT2D eigenvalue weighted by molar-refractivity contribution is 6.25. The lowest BCUT2D eigenvalue weighted by Gasteiger charge is -2.36. The van der Waals surface area contributed by atoms with Crippen LogP contribution in [-0.4, -0.2) is 0 Å². The summed E-state index contributed by atoms with van der Waals surface area (Å²) in [6.45, 7) is 4.75. The molecule has 8 rings (SSSR count). The minimum atomic E-state index is -0.0772. The first-order valence-electron chi connectivity index (χ1n) is 13.8. The van der Waals surface area contributed by atoms with Gasteiger partial charge in [-0.3, -0.25) is 0 Å². The van der Waals surface area contributed by atoms with Crippen LogP contribution in [0.15, 0.2) is 133 Å².